The van der Waals surface area contributed by atoms with Crippen LogP contribution in [0.2, 0.25) is 0 Å². The predicted octanol–water partition coefficient (Wildman–Crippen LogP) is 3.45. The number of carbonyl (C=O) groups is 1. The van der Waals surface area contributed by atoms with E-state index in [1.165, 1.54) is 11.1 Å². The predicted molar refractivity (Wildman–Crippen MR) is 93.1 cm³/mol. The van der Waals surface area contributed by atoms with Gasteiger partial charge in [-0.2, -0.15) is 5.10 Å². The van der Waals surface area contributed by atoms with Crippen molar-refractivity contribution in [3.8, 4) is 5.75 Å². The second-order valence-corrected chi connectivity index (χ2v) is 5.69. The van der Waals surface area contributed by atoms with Crippen molar-refractivity contribution in [2.45, 2.75) is 27.7 Å². The summed E-state index contributed by atoms with van der Waals surface area (Å²) >= 11 is 0. The maximum atomic E-state index is 11.7. The Morgan fingerprint density at radius 2 is 1.83 bits per heavy atom. The largest absolute Gasteiger partial charge is 0.484 e. The lowest BCUT2D eigenvalue weighted by molar-refractivity contribution is -0.123. The molecule has 2 rings (SSSR count). The SMILES string of the molecule is Cc1ccc(/C=N\NC(=O)COc2ccc(C)c(C)c2)c(C)c1. The zero-order chi connectivity index (χ0) is 16.8. The summed E-state index contributed by atoms with van der Waals surface area (Å²) in [6.07, 6.45) is 1.64. The van der Waals surface area contributed by atoms with Crippen molar-refractivity contribution in [2.24, 2.45) is 5.10 Å². The fourth-order valence-corrected chi connectivity index (χ4v) is 2.13. The first-order chi connectivity index (χ1) is 11.0. The third kappa shape index (κ3) is 4.95. The molecule has 0 unspecified atom stereocenters. The van der Waals surface area contributed by atoms with Gasteiger partial charge in [-0.25, -0.2) is 5.43 Å². The summed E-state index contributed by atoms with van der Waals surface area (Å²) in [6.45, 7) is 8.04. The number of benzene rings is 2. The van der Waals surface area contributed by atoms with E-state index in [-0.39, 0.29) is 12.5 Å². The Morgan fingerprint density at radius 3 is 2.52 bits per heavy atom. The van der Waals surface area contributed by atoms with E-state index in [1.807, 2.05) is 58.0 Å². The lowest BCUT2D eigenvalue weighted by Gasteiger charge is -2.07. The molecular formula is C19H22N2O2. The Balaban J connectivity index is 1.85. The molecule has 2 aromatic carbocycles. The van der Waals surface area contributed by atoms with Gasteiger partial charge in [-0.1, -0.05) is 29.8 Å². The summed E-state index contributed by atoms with van der Waals surface area (Å²) in [5, 5.41) is 3.97. The van der Waals surface area contributed by atoms with Gasteiger partial charge in [0.1, 0.15) is 5.75 Å². The van der Waals surface area contributed by atoms with Gasteiger partial charge in [-0.3, -0.25) is 4.79 Å². The lowest BCUT2D eigenvalue weighted by Crippen LogP contribution is -2.24. The van der Waals surface area contributed by atoms with E-state index in [4.69, 9.17) is 4.74 Å². The van der Waals surface area contributed by atoms with E-state index < -0.39 is 0 Å². The molecule has 4 nitrogen and oxygen atoms in total. The van der Waals surface area contributed by atoms with E-state index in [2.05, 4.69) is 16.6 Å². The average Bonchev–Trinajstić information content (AvgIpc) is 2.50. The first-order valence-electron chi connectivity index (χ1n) is 7.55. The van der Waals surface area contributed by atoms with Crippen LogP contribution in [0.15, 0.2) is 41.5 Å². The van der Waals surface area contributed by atoms with Crippen molar-refractivity contribution in [3.63, 3.8) is 0 Å². The highest BCUT2D eigenvalue weighted by Crippen LogP contribution is 2.16. The van der Waals surface area contributed by atoms with Crippen molar-refractivity contribution in [2.75, 3.05) is 6.61 Å². The summed E-state index contributed by atoms with van der Waals surface area (Å²) in [4.78, 5) is 11.7. The normalized spacial score (nSPS) is 10.8. The molecule has 0 fully saturated rings. The molecule has 0 saturated heterocycles. The highest BCUT2D eigenvalue weighted by atomic mass is 16.5. The molecule has 0 bridgehead atoms. The summed E-state index contributed by atoms with van der Waals surface area (Å²) in [5.74, 6) is 0.394. The van der Waals surface area contributed by atoms with Crippen LogP contribution in [-0.2, 0) is 4.79 Å². The number of hydrogen-bond acceptors (Lipinski definition) is 3. The number of carbonyl (C=O) groups excluding carboxylic acids is 1. The molecular weight excluding hydrogens is 288 g/mol. The fourth-order valence-electron chi connectivity index (χ4n) is 2.13. The van der Waals surface area contributed by atoms with Crippen LogP contribution >= 0.6 is 0 Å². The molecule has 23 heavy (non-hydrogen) atoms. The third-order valence-electron chi connectivity index (χ3n) is 3.67. The average molecular weight is 310 g/mol. The smallest absolute Gasteiger partial charge is 0.277 e. The highest BCUT2D eigenvalue weighted by molar-refractivity contribution is 5.84. The van der Waals surface area contributed by atoms with Gasteiger partial charge >= 0.3 is 0 Å². The van der Waals surface area contributed by atoms with Crippen molar-refractivity contribution in [3.05, 3.63) is 64.2 Å². The molecule has 0 aliphatic carbocycles. The van der Waals surface area contributed by atoms with Crippen LogP contribution in [0.25, 0.3) is 0 Å². The standard InChI is InChI=1S/C19H22N2O2/c1-13-5-7-17(16(4)9-13)11-20-21-19(22)12-23-18-8-6-14(2)15(3)10-18/h5-11H,12H2,1-4H3,(H,21,22)/b20-11-. The molecule has 0 aliphatic heterocycles. The molecule has 4 heteroatoms. The van der Waals surface area contributed by atoms with E-state index in [0.29, 0.717) is 5.75 Å². The van der Waals surface area contributed by atoms with Gasteiger partial charge in [0, 0.05) is 0 Å². The number of hydrazone groups is 1. The maximum Gasteiger partial charge on any atom is 0.277 e. The molecule has 1 N–H and O–H groups in total. The van der Waals surface area contributed by atoms with Crippen molar-refractivity contribution in [1.82, 2.24) is 5.43 Å². The van der Waals surface area contributed by atoms with Crippen molar-refractivity contribution >= 4 is 12.1 Å². The van der Waals surface area contributed by atoms with Crippen LogP contribution in [-0.4, -0.2) is 18.7 Å². The number of aryl methyl sites for hydroxylation is 4. The van der Waals surface area contributed by atoms with Gasteiger partial charge in [-0.05, 0) is 62.1 Å². The monoisotopic (exact) mass is 310 g/mol. The van der Waals surface area contributed by atoms with Gasteiger partial charge in [0.2, 0.25) is 0 Å². The Morgan fingerprint density at radius 1 is 1.04 bits per heavy atom. The van der Waals surface area contributed by atoms with E-state index in [0.717, 1.165) is 16.7 Å². The summed E-state index contributed by atoms with van der Waals surface area (Å²) in [6, 6.07) is 11.8. The van der Waals surface area contributed by atoms with E-state index in [9.17, 15) is 4.79 Å². The fraction of sp³-hybridized carbons (Fsp3) is 0.263. The molecule has 1 amide bonds. The molecule has 0 heterocycles. The van der Waals surface area contributed by atoms with Crippen LogP contribution in [0.3, 0.4) is 0 Å². The topological polar surface area (TPSA) is 50.7 Å². The number of amides is 1. The number of nitrogens with zero attached hydrogens (tertiary/aromatic N) is 1. The lowest BCUT2D eigenvalue weighted by atomic mass is 10.1. The number of rotatable bonds is 5. The Bertz CT molecular complexity index is 736. The minimum atomic E-state index is -0.288. The minimum Gasteiger partial charge on any atom is -0.484 e. The summed E-state index contributed by atoms with van der Waals surface area (Å²) in [5.41, 5.74) is 8.10. The van der Waals surface area contributed by atoms with Crippen molar-refractivity contribution < 1.29 is 9.53 Å². The quantitative estimate of drug-likeness (QED) is 0.679. The molecule has 0 aliphatic rings. The summed E-state index contributed by atoms with van der Waals surface area (Å²) < 4.78 is 5.46. The van der Waals surface area contributed by atoms with Gasteiger partial charge < -0.3 is 4.74 Å². The number of hydrogen-bond donors (Lipinski definition) is 1. The molecule has 0 atom stereocenters. The molecule has 0 aromatic heterocycles. The first-order valence-corrected chi connectivity index (χ1v) is 7.55. The van der Waals surface area contributed by atoms with Crippen molar-refractivity contribution in [1.29, 1.82) is 0 Å². The van der Waals surface area contributed by atoms with E-state index >= 15 is 0 Å². The molecule has 0 spiro atoms. The molecule has 2 aromatic rings. The van der Waals surface area contributed by atoms with Gasteiger partial charge in [0.15, 0.2) is 6.61 Å². The summed E-state index contributed by atoms with van der Waals surface area (Å²) in [7, 11) is 0. The Labute approximate surface area is 137 Å². The molecule has 0 radical (unpaired) electrons. The second kappa shape index (κ2) is 7.58. The zero-order valence-corrected chi connectivity index (χ0v) is 14.0. The van der Waals surface area contributed by atoms with Crippen LogP contribution in [0.5, 0.6) is 5.75 Å². The van der Waals surface area contributed by atoms with Crippen LogP contribution in [0.4, 0.5) is 0 Å². The molecule has 0 saturated carbocycles. The van der Waals surface area contributed by atoms with Gasteiger partial charge in [0.05, 0.1) is 6.21 Å². The second-order valence-electron chi connectivity index (χ2n) is 5.69. The maximum absolute atomic E-state index is 11.7. The third-order valence-corrected chi connectivity index (χ3v) is 3.67. The van der Waals surface area contributed by atoms with Crippen LogP contribution < -0.4 is 10.2 Å². The number of ether oxygens (including phenoxy) is 1. The highest BCUT2D eigenvalue weighted by Gasteiger charge is 2.03. The first kappa shape index (κ1) is 16.7. The zero-order valence-electron chi connectivity index (χ0n) is 14.0. The van der Waals surface area contributed by atoms with Gasteiger partial charge in [-0.15, -0.1) is 0 Å². The number of nitrogens with one attached hydrogen (secondary N) is 1. The van der Waals surface area contributed by atoms with Crippen LogP contribution in [0.1, 0.15) is 27.8 Å². The van der Waals surface area contributed by atoms with Crippen LogP contribution in [0, 0.1) is 27.7 Å². The Hall–Kier alpha value is -2.62. The van der Waals surface area contributed by atoms with Gasteiger partial charge in [0.25, 0.3) is 5.91 Å². The Kier molecular flexibility index (Phi) is 5.52. The minimum absolute atomic E-state index is 0.0628. The van der Waals surface area contributed by atoms with E-state index in [1.54, 1.807) is 6.21 Å². The molecule has 120 valence electrons.